The number of aromatic nitrogens is 2. The third-order valence-electron chi connectivity index (χ3n) is 3.42. The molecule has 3 aromatic rings. The maximum Gasteiger partial charge on any atom is 0.275 e. The molecule has 1 aromatic heterocycles. The summed E-state index contributed by atoms with van der Waals surface area (Å²) in [6.07, 6.45) is 0. The van der Waals surface area contributed by atoms with Crippen molar-refractivity contribution in [1.29, 1.82) is 0 Å². The lowest BCUT2D eigenvalue weighted by Crippen LogP contribution is -2.26. The topological polar surface area (TPSA) is 69.2 Å². The molecule has 0 aliphatic carbocycles. The number of phenolic OH excluding ortho intramolecular Hbond substituents is 1. The smallest absolute Gasteiger partial charge is 0.275 e. The summed E-state index contributed by atoms with van der Waals surface area (Å²) < 4.78 is 0. The minimum Gasteiger partial charge on any atom is -0.508 e. The van der Waals surface area contributed by atoms with Gasteiger partial charge in [0, 0.05) is 24.5 Å². The van der Waals surface area contributed by atoms with Crippen LogP contribution in [0.5, 0.6) is 5.75 Å². The number of para-hydroxylation sites is 2. The van der Waals surface area contributed by atoms with Crippen molar-refractivity contribution in [3.05, 3.63) is 59.8 Å². The lowest BCUT2D eigenvalue weighted by atomic mass is 10.1. The molecule has 0 radical (unpaired) electrons. The van der Waals surface area contributed by atoms with Crippen LogP contribution in [0.1, 0.15) is 16.1 Å². The van der Waals surface area contributed by atoms with Gasteiger partial charge >= 0.3 is 0 Å². The zero-order valence-electron chi connectivity index (χ0n) is 11.6. The fourth-order valence-electron chi connectivity index (χ4n) is 2.28. The largest absolute Gasteiger partial charge is 0.508 e. The first kappa shape index (κ1) is 13.2. The van der Waals surface area contributed by atoms with E-state index >= 15 is 0 Å². The predicted octanol–water partition coefficient (Wildman–Crippen LogP) is 2.54. The number of phenols is 1. The van der Waals surface area contributed by atoms with Gasteiger partial charge in [-0.2, -0.15) is 5.10 Å². The van der Waals surface area contributed by atoms with E-state index < -0.39 is 0 Å². The molecule has 0 bridgehead atoms. The predicted molar refractivity (Wildman–Crippen MR) is 80.0 cm³/mol. The normalized spacial score (nSPS) is 10.7. The first-order chi connectivity index (χ1) is 10.2. The lowest BCUT2D eigenvalue weighted by Gasteiger charge is -2.16. The SMILES string of the molecule is CN(Cc1ccccc1O)C(=O)c1n[nH]c2ccccc12. The molecule has 0 fully saturated rings. The third-order valence-corrected chi connectivity index (χ3v) is 3.42. The van der Waals surface area contributed by atoms with Crippen molar-refractivity contribution in [1.82, 2.24) is 15.1 Å². The molecule has 0 saturated heterocycles. The van der Waals surface area contributed by atoms with Crippen molar-refractivity contribution >= 4 is 16.8 Å². The number of H-pyrrole nitrogens is 1. The minimum absolute atomic E-state index is 0.184. The number of rotatable bonds is 3. The van der Waals surface area contributed by atoms with Crippen LogP contribution in [-0.4, -0.2) is 33.2 Å². The summed E-state index contributed by atoms with van der Waals surface area (Å²) in [6, 6.07) is 14.5. The molecule has 2 N–H and O–H groups in total. The Hall–Kier alpha value is -2.82. The van der Waals surface area contributed by atoms with Crippen molar-refractivity contribution in [3.63, 3.8) is 0 Å². The number of hydrogen-bond acceptors (Lipinski definition) is 3. The van der Waals surface area contributed by atoms with Crippen molar-refractivity contribution in [3.8, 4) is 5.75 Å². The van der Waals surface area contributed by atoms with E-state index in [1.807, 2.05) is 30.3 Å². The third kappa shape index (κ3) is 2.45. The standard InChI is InChI=1S/C16H15N3O2/c1-19(10-11-6-2-5-9-14(11)20)16(21)15-12-7-3-4-8-13(12)17-18-15/h2-9,20H,10H2,1H3,(H,17,18). The van der Waals surface area contributed by atoms with E-state index in [1.165, 1.54) is 4.90 Å². The van der Waals surface area contributed by atoms with Crippen molar-refractivity contribution in [2.75, 3.05) is 7.05 Å². The molecule has 2 aromatic carbocycles. The molecule has 0 aliphatic rings. The Morgan fingerprint density at radius 2 is 1.90 bits per heavy atom. The number of benzene rings is 2. The van der Waals surface area contributed by atoms with E-state index in [9.17, 15) is 9.90 Å². The van der Waals surface area contributed by atoms with Gasteiger partial charge in [0.25, 0.3) is 5.91 Å². The second kappa shape index (κ2) is 5.28. The number of aromatic hydroxyl groups is 1. The summed E-state index contributed by atoms with van der Waals surface area (Å²) in [5.41, 5.74) is 1.92. The van der Waals surface area contributed by atoms with E-state index in [0.29, 0.717) is 17.8 Å². The molecule has 1 heterocycles. The highest BCUT2D eigenvalue weighted by Gasteiger charge is 2.18. The Morgan fingerprint density at radius 3 is 2.71 bits per heavy atom. The molecule has 21 heavy (non-hydrogen) atoms. The molecule has 0 aliphatic heterocycles. The average Bonchev–Trinajstić information content (AvgIpc) is 2.92. The Balaban J connectivity index is 1.86. The number of nitrogens with zero attached hydrogens (tertiary/aromatic N) is 2. The molecule has 0 unspecified atom stereocenters. The van der Waals surface area contributed by atoms with Crippen LogP contribution < -0.4 is 0 Å². The van der Waals surface area contributed by atoms with Crippen LogP contribution in [-0.2, 0) is 6.54 Å². The van der Waals surface area contributed by atoms with Crippen LogP contribution in [0.3, 0.4) is 0 Å². The van der Waals surface area contributed by atoms with E-state index in [1.54, 1.807) is 25.2 Å². The van der Waals surface area contributed by atoms with Gasteiger partial charge in [-0.1, -0.05) is 36.4 Å². The maximum atomic E-state index is 12.5. The first-order valence-corrected chi connectivity index (χ1v) is 6.62. The van der Waals surface area contributed by atoms with Crippen molar-refractivity contribution < 1.29 is 9.90 Å². The minimum atomic E-state index is -0.185. The Bertz CT molecular complexity index is 795. The molecule has 5 heteroatoms. The number of hydrogen-bond donors (Lipinski definition) is 2. The summed E-state index contributed by atoms with van der Waals surface area (Å²) in [5, 5.41) is 17.5. The Labute approximate surface area is 121 Å². The summed E-state index contributed by atoms with van der Waals surface area (Å²) in [7, 11) is 1.69. The van der Waals surface area contributed by atoms with Gasteiger partial charge in [0.1, 0.15) is 5.75 Å². The van der Waals surface area contributed by atoms with E-state index in [-0.39, 0.29) is 11.7 Å². The molecule has 0 atom stereocenters. The summed E-state index contributed by atoms with van der Waals surface area (Å²) >= 11 is 0. The molecule has 1 amide bonds. The summed E-state index contributed by atoms with van der Waals surface area (Å²) in [6.45, 7) is 0.326. The van der Waals surface area contributed by atoms with E-state index in [4.69, 9.17) is 0 Å². The number of nitrogens with one attached hydrogen (secondary N) is 1. The van der Waals surface area contributed by atoms with Gasteiger partial charge in [-0.05, 0) is 12.1 Å². The number of aromatic amines is 1. The van der Waals surface area contributed by atoms with Crippen LogP contribution >= 0.6 is 0 Å². The van der Waals surface area contributed by atoms with Crippen LogP contribution in [0.4, 0.5) is 0 Å². The zero-order valence-corrected chi connectivity index (χ0v) is 11.6. The van der Waals surface area contributed by atoms with Gasteiger partial charge in [-0.15, -0.1) is 0 Å². The van der Waals surface area contributed by atoms with Gasteiger partial charge in [-0.25, -0.2) is 0 Å². The highest BCUT2D eigenvalue weighted by molar-refractivity contribution is 6.04. The molecular weight excluding hydrogens is 266 g/mol. The molecule has 106 valence electrons. The van der Waals surface area contributed by atoms with Crippen LogP contribution in [0, 0.1) is 0 Å². The average molecular weight is 281 g/mol. The molecule has 3 rings (SSSR count). The van der Waals surface area contributed by atoms with Gasteiger partial charge in [0.05, 0.1) is 5.52 Å². The summed E-state index contributed by atoms with van der Waals surface area (Å²) in [5.74, 6) is -0.000242. The molecule has 0 saturated carbocycles. The highest BCUT2D eigenvalue weighted by Crippen LogP contribution is 2.20. The first-order valence-electron chi connectivity index (χ1n) is 6.62. The highest BCUT2D eigenvalue weighted by atomic mass is 16.3. The monoisotopic (exact) mass is 281 g/mol. The van der Waals surface area contributed by atoms with Gasteiger partial charge < -0.3 is 10.0 Å². The Kier molecular flexibility index (Phi) is 3.31. The summed E-state index contributed by atoms with van der Waals surface area (Å²) in [4.78, 5) is 14.0. The van der Waals surface area contributed by atoms with Gasteiger partial charge in [-0.3, -0.25) is 9.89 Å². The number of carbonyl (C=O) groups is 1. The van der Waals surface area contributed by atoms with Gasteiger partial charge in [0.15, 0.2) is 5.69 Å². The van der Waals surface area contributed by atoms with Crippen LogP contribution in [0.2, 0.25) is 0 Å². The zero-order chi connectivity index (χ0) is 14.8. The fraction of sp³-hybridized carbons (Fsp3) is 0.125. The van der Waals surface area contributed by atoms with E-state index in [0.717, 1.165) is 10.9 Å². The number of fused-ring (bicyclic) bond motifs is 1. The van der Waals surface area contributed by atoms with Crippen molar-refractivity contribution in [2.45, 2.75) is 6.54 Å². The maximum absolute atomic E-state index is 12.5. The number of carbonyl (C=O) groups excluding carboxylic acids is 1. The van der Waals surface area contributed by atoms with E-state index in [2.05, 4.69) is 10.2 Å². The van der Waals surface area contributed by atoms with Crippen LogP contribution in [0.25, 0.3) is 10.9 Å². The van der Waals surface area contributed by atoms with Crippen LogP contribution in [0.15, 0.2) is 48.5 Å². The molecular formula is C16H15N3O2. The fourth-order valence-corrected chi connectivity index (χ4v) is 2.28. The second-order valence-corrected chi connectivity index (χ2v) is 4.91. The van der Waals surface area contributed by atoms with Gasteiger partial charge in [0.2, 0.25) is 0 Å². The number of amides is 1. The molecule has 5 nitrogen and oxygen atoms in total. The van der Waals surface area contributed by atoms with Crippen molar-refractivity contribution in [2.24, 2.45) is 0 Å². The quantitative estimate of drug-likeness (QED) is 0.775. The molecule has 0 spiro atoms. The second-order valence-electron chi connectivity index (χ2n) is 4.91. The Morgan fingerprint density at radius 1 is 1.19 bits per heavy atom. The lowest BCUT2D eigenvalue weighted by molar-refractivity contribution is 0.0780.